The Morgan fingerprint density at radius 1 is 0.944 bits per heavy atom. The molecule has 0 radical (unpaired) electrons. The van der Waals surface area contributed by atoms with E-state index in [2.05, 4.69) is 47.3 Å². The summed E-state index contributed by atoms with van der Waals surface area (Å²) < 4.78 is 8.40. The lowest BCUT2D eigenvalue weighted by Crippen LogP contribution is -2.20. The average Bonchev–Trinajstić information content (AvgIpc) is 2.29. The smallest absolute Gasteiger partial charge is 0.404 e. The van der Waals surface area contributed by atoms with Gasteiger partial charge in [0.1, 0.15) is 13.2 Å². The summed E-state index contributed by atoms with van der Waals surface area (Å²) in [5, 5.41) is 0. The fourth-order valence-electron chi connectivity index (χ4n) is 0.285. The molecule has 0 heterocycles. The van der Waals surface area contributed by atoms with Gasteiger partial charge < -0.3 is 20.9 Å². The highest BCUT2D eigenvalue weighted by Crippen LogP contribution is 1.76. The fourth-order valence-corrected chi connectivity index (χ4v) is 0.285. The first-order valence-corrected chi connectivity index (χ1v) is 4.94. The zero-order valence-electron chi connectivity index (χ0n) is 11.2. The lowest BCUT2D eigenvalue weighted by molar-refractivity contribution is 0.105. The van der Waals surface area contributed by atoms with Crippen molar-refractivity contribution in [1.29, 1.82) is 0 Å². The summed E-state index contributed by atoms with van der Waals surface area (Å²) in [7, 11) is 0. The van der Waals surface area contributed by atoms with Gasteiger partial charge in [0, 0.05) is 0 Å². The molecule has 0 atom stereocenters. The SMILES string of the molecule is C=C.C=CC.C=CC.NC(=O)OCCOC(N)=O. The third kappa shape index (κ3) is 98.9. The summed E-state index contributed by atoms with van der Waals surface area (Å²) in [6, 6.07) is 0. The van der Waals surface area contributed by atoms with Gasteiger partial charge >= 0.3 is 12.2 Å². The minimum Gasteiger partial charge on any atom is -0.446 e. The normalized spacial score (nSPS) is 6.33. The van der Waals surface area contributed by atoms with E-state index in [1.807, 2.05) is 13.8 Å². The number of hydrogen-bond acceptors (Lipinski definition) is 4. The van der Waals surface area contributed by atoms with Crippen LogP contribution in [0.15, 0.2) is 38.5 Å². The first-order chi connectivity index (χ1) is 8.45. The van der Waals surface area contributed by atoms with Gasteiger partial charge in [0.25, 0.3) is 0 Å². The second-order valence-electron chi connectivity index (χ2n) is 2.15. The van der Waals surface area contributed by atoms with E-state index in [0.717, 1.165) is 0 Å². The van der Waals surface area contributed by atoms with E-state index in [9.17, 15) is 9.59 Å². The molecule has 0 aromatic heterocycles. The van der Waals surface area contributed by atoms with Crippen LogP contribution >= 0.6 is 0 Å². The maximum atomic E-state index is 9.87. The van der Waals surface area contributed by atoms with Crippen LogP contribution in [0.3, 0.4) is 0 Å². The second kappa shape index (κ2) is 29.3. The monoisotopic (exact) mass is 260 g/mol. The number of primary amides is 2. The molecule has 0 saturated carbocycles. The lowest BCUT2D eigenvalue weighted by Gasteiger charge is -2.00. The van der Waals surface area contributed by atoms with Crippen molar-refractivity contribution in [2.45, 2.75) is 13.8 Å². The van der Waals surface area contributed by atoms with Crippen LogP contribution in [-0.2, 0) is 9.47 Å². The molecule has 6 nitrogen and oxygen atoms in total. The van der Waals surface area contributed by atoms with Gasteiger partial charge in [0.2, 0.25) is 0 Å². The number of hydrogen-bond donors (Lipinski definition) is 2. The molecule has 106 valence electrons. The molecule has 0 bridgehead atoms. The maximum absolute atomic E-state index is 9.87. The van der Waals surface area contributed by atoms with E-state index in [-0.39, 0.29) is 13.2 Å². The predicted molar refractivity (Wildman–Crippen MR) is 74.1 cm³/mol. The van der Waals surface area contributed by atoms with Crippen LogP contribution in [0.2, 0.25) is 0 Å². The quantitative estimate of drug-likeness (QED) is 0.600. The van der Waals surface area contributed by atoms with Crippen molar-refractivity contribution in [3.05, 3.63) is 38.5 Å². The number of amides is 2. The van der Waals surface area contributed by atoms with E-state index >= 15 is 0 Å². The molecule has 0 aromatic rings. The maximum Gasteiger partial charge on any atom is 0.404 e. The minimum absolute atomic E-state index is 0.0712. The Balaban J connectivity index is -0.000000102. The van der Waals surface area contributed by atoms with Crippen LogP contribution in [0.4, 0.5) is 9.59 Å². The lowest BCUT2D eigenvalue weighted by atomic mass is 10.8. The highest BCUT2D eigenvalue weighted by molar-refractivity contribution is 5.65. The number of nitrogens with two attached hydrogens (primary N) is 2. The molecule has 0 aliphatic heterocycles. The molecule has 0 aromatic carbocycles. The molecular weight excluding hydrogens is 236 g/mol. The molecule has 2 amide bonds. The van der Waals surface area contributed by atoms with Crippen LogP contribution < -0.4 is 11.5 Å². The zero-order valence-corrected chi connectivity index (χ0v) is 11.2. The van der Waals surface area contributed by atoms with Crippen molar-refractivity contribution >= 4 is 12.2 Å². The standard InChI is InChI=1S/C4H8N2O4.2C3H6.C2H4/c5-3(7)9-1-2-10-4(6)8;2*1-3-2;1-2/h1-2H2,(H2,5,7)(H2,6,8);2*3H,1H2,2H3;1-2H2. The Morgan fingerprint density at radius 3 is 1.22 bits per heavy atom. The summed E-state index contributed by atoms with van der Waals surface area (Å²) in [5.41, 5.74) is 9.15. The van der Waals surface area contributed by atoms with Gasteiger partial charge in [-0.25, -0.2) is 9.59 Å². The molecule has 0 unspecified atom stereocenters. The Bertz CT molecular complexity index is 196. The van der Waals surface area contributed by atoms with Gasteiger partial charge in [0.05, 0.1) is 0 Å². The number of rotatable bonds is 3. The summed E-state index contributed by atoms with van der Waals surface area (Å²) in [6.45, 7) is 16.4. The molecule has 0 aliphatic rings. The van der Waals surface area contributed by atoms with E-state index in [0.29, 0.717) is 0 Å². The average molecular weight is 260 g/mol. The molecular formula is C12H24N2O4. The Labute approximate surface area is 109 Å². The van der Waals surface area contributed by atoms with E-state index in [1.54, 1.807) is 12.2 Å². The van der Waals surface area contributed by atoms with Crippen molar-refractivity contribution in [3.63, 3.8) is 0 Å². The van der Waals surface area contributed by atoms with Crippen molar-refractivity contribution in [3.8, 4) is 0 Å². The molecule has 0 spiro atoms. The van der Waals surface area contributed by atoms with Crippen molar-refractivity contribution in [2.75, 3.05) is 13.2 Å². The van der Waals surface area contributed by atoms with Gasteiger partial charge in [0.15, 0.2) is 0 Å². The van der Waals surface area contributed by atoms with Crippen LogP contribution in [0.1, 0.15) is 13.8 Å². The molecule has 4 N–H and O–H groups in total. The minimum atomic E-state index is -0.909. The topological polar surface area (TPSA) is 105 Å². The zero-order chi connectivity index (χ0) is 15.4. The molecule has 0 rings (SSSR count). The van der Waals surface area contributed by atoms with Gasteiger partial charge in [-0.1, -0.05) is 12.2 Å². The summed E-state index contributed by atoms with van der Waals surface area (Å²) in [5.74, 6) is 0. The highest BCUT2D eigenvalue weighted by Gasteiger charge is 1.95. The molecule has 0 fully saturated rings. The number of ether oxygens (including phenoxy) is 2. The first-order valence-electron chi connectivity index (χ1n) is 4.94. The Kier molecular flexibility index (Phi) is 40.5. The van der Waals surface area contributed by atoms with Gasteiger partial charge in [-0.2, -0.15) is 0 Å². The van der Waals surface area contributed by atoms with Gasteiger partial charge in [-0.3, -0.25) is 0 Å². The molecule has 6 heteroatoms. The van der Waals surface area contributed by atoms with Crippen molar-refractivity contribution in [1.82, 2.24) is 0 Å². The Hall–Kier alpha value is -2.24. The van der Waals surface area contributed by atoms with Crippen LogP contribution in [0, 0.1) is 0 Å². The van der Waals surface area contributed by atoms with Crippen LogP contribution in [0.5, 0.6) is 0 Å². The fraction of sp³-hybridized carbons (Fsp3) is 0.333. The molecule has 18 heavy (non-hydrogen) atoms. The first kappa shape index (κ1) is 24.8. The van der Waals surface area contributed by atoms with E-state index in [4.69, 9.17) is 0 Å². The molecule has 0 aliphatic carbocycles. The number of carbonyl (C=O) groups is 2. The third-order valence-electron chi connectivity index (χ3n) is 0.572. The largest absolute Gasteiger partial charge is 0.446 e. The van der Waals surface area contributed by atoms with Crippen molar-refractivity contribution in [2.24, 2.45) is 11.5 Å². The predicted octanol–water partition coefficient (Wildman–Crippen LogP) is 2.36. The van der Waals surface area contributed by atoms with Crippen LogP contribution in [0.25, 0.3) is 0 Å². The Morgan fingerprint density at radius 2 is 1.11 bits per heavy atom. The van der Waals surface area contributed by atoms with Crippen LogP contribution in [-0.4, -0.2) is 25.4 Å². The second-order valence-corrected chi connectivity index (χ2v) is 2.15. The van der Waals surface area contributed by atoms with E-state index < -0.39 is 12.2 Å². The number of allylic oxidation sites excluding steroid dienone is 2. The van der Waals surface area contributed by atoms with Crippen molar-refractivity contribution < 1.29 is 19.1 Å². The molecule has 0 saturated heterocycles. The third-order valence-corrected chi connectivity index (χ3v) is 0.572. The summed E-state index contributed by atoms with van der Waals surface area (Å²) >= 11 is 0. The highest BCUT2D eigenvalue weighted by atomic mass is 16.6. The van der Waals surface area contributed by atoms with E-state index in [1.165, 1.54) is 0 Å². The summed E-state index contributed by atoms with van der Waals surface area (Å²) in [6.07, 6.45) is 1.68. The number of carbonyl (C=O) groups excluding carboxylic acids is 2. The van der Waals surface area contributed by atoms with Gasteiger partial charge in [-0.15, -0.1) is 26.3 Å². The summed E-state index contributed by atoms with van der Waals surface area (Å²) in [4.78, 5) is 19.7. The van der Waals surface area contributed by atoms with Gasteiger partial charge in [-0.05, 0) is 13.8 Å².